The summed E-state index contributed by atoms with van der Waals surface area (Å²) in [5.41, 5.74) is -3.64. The van der Waals surface area contributed by atoms with Crippen molar-refractivity contribution in [3.8, 4) is 62.9 Å². The van der Waals surface area contributed by atoms with Gasteiger partial charge in [0.25, 0.3) is 0 Å². The maximum atomic E-state index is 13.5. The monoisotopic (exact) mass is 618 g/mol. The molecule has 44 heavy (non-hydrogen) atoms. The van der Waals surface area contributed by atoms with E-state index >= 15 is 0 Å². The molecule has 0 amide bonds. The van der Waals surface area contributed by atoms with E-state index in [0.29, 0.717) is 24.3 Å². The second-order valence-electron chi connectivity index (χ2n) is 9.82. The summed E-state index contributed by atoms with van der Waals surface area (Å²) in [4.78, 5) is 39.6. The van der Waals surface area contributed by atoms with Gasteiger partial charge in [-0.25, -0.2) is 9.59 Å². The van der Waals surface area contributed by atoms with E-state index in [0.717, 1.165) is 0 Å². The van der Waals surface area contributed by atoms with Crippen molar-refractivity contribution in [2.24, 2.45) is 0 Å². The first-order chi connectivity index (χ1) is 20.6. The van der Waals surface area contributed by atoms with Crippen LogP contribution in [0.1, 0.15) is 37.5 Å². The molecule has 17 nitrogen and oxygen atoms in total. The van der Waals surface area contributed by atoms with Crippen molar-refractivity contribution >= 4 is 17.7 Å². The van der Waals surface area contributed by atoms with Crippen LogP contribution >= 0.6 is 0 Å². The molecule has 0 spiro atoms. The molecule has 2 aliphatic heterocycles. The van der Waals surface area contributed by atoms with E-state index in [1.54, 1.807) is 0 Å². The van der Waals surface area contributed by atoms with Crippen molar-refractivity contribution in [1.82, 2.24) is 0 Å². The number of benzene rings is 3. The molecule has 5 rings (SSSR count). The Hall–Kier alpha value is -5.65. The lowest BCUT2D eigenvalue weighted by molar-refractivity contribution is -0.278. The number of carbonyl (C=O) groups is 3. The summed E-state index contributed by atoms with van der Waals surface area (Å²) in [6.45, 7) is 0. The molecule has 5 atom stereocenters. The number of aliphatic hydroxyl groups excluding tert-OH is 2. The Kier molecular flexibility index (Phi) is 7.16. The van der Waals surface area contributed by atoms with Gasteiger partial charge in [0.05, 0.1) is 11.1 Å². The van der Waals surface area contributed by atoms with Crippen LogP contribution in [0.15, 0.2) is 24.3 Å². The van der Waals surface area contributed by atoms with Crippen molar-refractivity contribution in [1.29, 1.82) is 0 Å². The third-order valence-electron chi connectivity index (χ3n) is 7.08. The van der Waals surface area contributed by atoms with E-state index in [-0.39, 0.29) is 0 Å². The topological polar surface area (TPSA) is 301 Å². The van der Waals surface area contributed by atoms with E-state index in [1.165, 1.54) is 0 Å². The van der Waals surface area contributed by atoms with Gasteiger partial charge in [-0.05, 0) is 24.3 Å². The van der Waals surface area contributed by atoms with Gasteiger partial charge in [0.2, 0.25) is 17.8 Å². The maximum Gasteiger partial charge on any atom is 0.340 e. The van der Waals surface area contributed by atoms with Crippen molar-refractivity contribution in [3.05, 3.63) is 41.0 Å². The van der Waals surface area contributed by atoms with Gasteiger partial charge >= 0.3 is 11.9 Å². The largest absolute Gasteiger partial charge is 0.504 e. The first kappa shape index (κ1) is 29.8. The van der Waals surface area contributed by atoms with Gasteiger partial charge in [0.15, 0.2) is 52.1 Å². The second-order valence-corrected chi connectivity index (χ2v) is 9.82. The second kappa shape index (κ2) is 10.6. The molecular formula is C27H22O17. The SMILES string of the molecule is O=C(O[C@H]1OC2CC(=O)c3cc(O)c(O)c(O)c3-c3c(cc(O)c(O)c3O)C(=O)OC2C(O)C1O)c1cc(O)c(O)c(O)c1. The first-order valence-corrected chi connectivity index (χ1v) is 12.4. The average molecular weight is 618 g/mol. The van der Waals surface area contributed by atoms with Crippen LogP contribution in [-0.4, -0.2) is 105 Å². The Morgan fingerprint density at radius 1 is 0.682 bits per heavy atom. The van der Waals surface area contributed by atoms with Crippen LogP contribution in [0.2, 0.25) is 0 Å². The third-order valence-corrected chi connectivity index (χ3v) is 7.08. The third kappa shape index (κ3) is 4.70. The lowest BCUT2D eigenvalue weighted by Crippen LogP contribution is -2.60. The molecule has 0 saturated carbocycles. The lowest BCUT2D eigenvalue weighted by Gasteiger charge is -2.41. The normalized spacial score (nSPS) is 23.1. The number of phenolic OH excluding ortho intramolecular Hbond substituents is 9. The molecule has 0 radical (unpaired) electrons. The number of fused-ring (bicyclic) bond motifs is 4. The Morgan fingerprint density at radius 3 is 1.75 bits per heavy atom. The lowest BCUT2D eigenvalue weighted by atomic mass is 9.86. The summed E-state index contributed by atoms with van der Waals surface area (Å²) in [6, 6.07) is 2.62. The molecule has 11 N–H and O–H groups in total. The fraction of sp³-hybridized carbons (Fsp3) is 0.222. The van der Waals surface area contributed by atoms with Crippen molar-refractivity contribution < 1.29 is 84.8 Å². The summed E-state index contributed by atoms with van der Waals surface area (Å²) in [5.74, 6) is -13.6. The first-order valence-electron chi connectivity index (χ1n) is 12.4. The molecule has 0 aliphatic carbocycles. The van der Waals surface area contributed by atoms with Crippen LogP contribution < -0.4 is 0 Å². The number of hydrogen-bond acceptors (Lipinski definition) is 17. The van der Waals surface area contributed by atoms with E-state index in [2.05, 4.69) is 0 Å². The number of hydrogen-bond donors (Lipinski definition) is 11. The summed E-state index contributed by atoms with van der Waals surface area (Å²) < 4.78 is 15.8. The van der Waals surface area contributed by atoms with Crippen LogP contribution in [0, 0.1) is 0 Å². The predicted molar refractivity (Wildman–Crippen MR) is 138 cm³/mol. The average Bonchev–Trinajstić information content (AvgIpc) is 2.97. The zero-order valence-corrected chi connectivity index (χ0v) is 21.8. The summed E-state index contributed by atoms with van der Waals surface area (Å²) in [7, 11) is 0. The quantitative estimate of drug-likeness (QED) is 0.134. The number of phenols is 9. The number of ketones is 1. The van der Waals surface area contributed by atoms with Gasteiger partial charge in [0, 0.05) is 23.1 Å². The van der Waals surface area contributed by atoms with Crippen LogP contribution in [0.4, 0.5) is 0 Å². The maximum absolute atomic E-state index is 13.5. The predicted octanol–water partition coefficient (Wildman–Crippen LogP) is 0.119. The number of carbonyl (C=O) groups excluding carboxylic acids is 3. The highest BCUT2D eigenvalue weighted by Gasteiger charge is 2.50. The van der Waals surface area contributed by atoms with E-state index in [9.17, 15) is 70.6 Å². The van der Waals surface area contributed by atoms with E-state index < -0.39 is 134 Å². The van der Waals surface area contributed by atoms with Crippen LogP contribution in [-0.2, 0) is 14.2 Å². The molecule has 3 aromatic rings. The van der Waals surface area contributed by atoms with Gasteiger partial charge in [-0.15, -0.1) is 0 Å². The number of esters is 2. The molecule has 17 heteroatoms. The molecule has 2 aliphatic rings. The zero-order valence-electron chi connectivity index (χ0n) is 21.8. The fourth-order valence-corrected chi connectivity index (χ4v) is 4.86. The highest BCUT2D eigenvalue weighted by Crippen LogP contribution is 2.53. The summed E-state index contributed by atoms with van der Waals surface area (Å²) in [5, 5.41) is 112. The standard InChI is InChI=1S/C27H22O17/c28-9-5-14-24(22(38)23(39)27(42-14)44-25(40)6-1-10(29)17(33)11(30)2-6)43-26(41)8-4-13(32)19(35)21(37)16(8)15-7(9)3-12(31)18(34)20(15)36/h1-4,14,22-24,27,29-39H,5H2/t14?,22?,23?,24?,27-/m1/s1. The fourth-order valence-electron chi connectivity index (χ4n) is 4.86. The highest BCUT2D eigenvalue weighted by molar-refractivity contribution is 6.10. The smallest absolute Gasteiger partial charge is 0.340 e. The van der Waals surface area contributed by atoms with E-state index in [4.69, 9.17) is 14.2 Å². The van der Waals surface area contributed by atoms with Crippen LogP contribution in [0.5, 0.6) is 51.7 Å². The van der Waals surface area contributed by atoms with Gasteiger partial charge in [-0.1, -0.05) is 0 Å². The van der Waals surface area contributed by atoms with Crippen LogP contribution in [0.25, 0.3) is 11.1 Å². The van der Waals surface area contributed by atoms with Gasteiger partial charge in [-0.2, -0.15) is 0 Å². The molecule has 2 heterocycles. The number of aromatic hydroxyl groups is 9. The van der Waals surface area contributed by atoms with Gasteiger partial charge in [-0.3, -0.25) is 4.79 Å². The summed E-state index contributed by atoms with van der Waals surface area (Å²) in [6.07, 6.45) is -10.9. The minimum absolute atomic E-state index is 0.544. The molecular weight excluding hydrogens is 596 g/mol. The van der Waals surface area contributed by atoms with Crippen LogP contribution in [0.3, 0.4) is 0 Å². The number of Topliss-reactive ketones (excluding diaryl/α,β-unsaturated/α-hetero) is 1. The molecule has 1 saturated heterocycles. The Balaban J connectivity index is 1.59. The minimum atomic E-state index is -2.16. The Morgan fingerprint density at radius 2 is 1.18 bits per heavy atom. The Labute approximate surface area is 243 Å². The summed E-state index contributed by atoms with van der Waals surface area (Å²) >= 11 is 0. The number of rotatable bonds is 2. The molecule has 3 aromatic carbocycles. The molecule has 1 fully saturated rings. The van der Waals surface area contributed by atoms with Crippen molar-refractivity contribution in [2.45, 2.75) is 37.1 Å². The molecule has 0 aromatic heterocycles. The molecule has 0 bridgehead atoms. The number of ether oxygens (including phenoxy) is 3. The zero-order chi connectivity index (χ0) is 32.4. The minimum Gasteiger partial charge on any atom is -0.504 e. The molecule has 232 valence electrons. The van der Waals surface area contributed by atoms with Crippen molar-refractivity contribution in [3.63, 3.8) is 0 Å². The van der Waals surface area contributed by atoms with E-state index in [1.807, 2.05) is 0 Å². The highest BCUT2D eigenvalue weighted by atomic mass is 16.7. The number of aliphatic hydroxyl groups is 2. The molecule has 4 unspecified atom stereocenters. The van der Waals surface area contributed by atoms with Gasteiger partial charge < -0.3 is 70.4 Å². The van der Waals surface area contributed by atoms with Gasteiger partial charge in [0.1, 0.15) is 18.3 Å². The van der Waals surface area contributed by atoms with Crippen molar-refractivity contribution in [2.75, 3.05) is 0 Å². The Bertz CT molecular complexity index is 1710.